The van der Waals surface area contributed by atoms with Gasteiger partial charge in [0.05, 0.1) is 0 Å². The summed E-state index contributed by atoms with van der Waals surface area (Å²) in [5, 5.41) is 1.88. The Morgan fingerprint density at radius 2 is 2.18 bits per heavy atom. The van der Waals surface area contributed by atoms with Crippen LogP contribution in [0.15, 0.2) is 0 Å². The summed E-state index contributed by atoms with van der Waals surface area (Å²) in [6.45, 7) is 2.31. The summed E-state index contributed by atoms with van der Waals surface area (Å²) < 4.78 is 4.83. The second kappa shape index (κ2) is 5.67. The predicted octanol–water partition coefficient (Wildman–Crippen LogP) is -0.392. The number of nitrogens with one attached hydrogen (secondary N) is 1. The van der Waals surface area contributed by atoms with Crippen molar-refractivity contribution in [2.24, 2.45) is 5.73 Å². The van der Waals surface area contributed by atoms with E-state index in [0.29, 0.717) is 6.61 Å². The van der Waals surface area contributed by atoms with Crippen molar-refractivity contribution in [1.82, 2.24) is 5.32 Å². The Hall–Kier alpha value is -1.10. The molecule has 0 saturated heterocycles. The highest BCUT2D eigenvalue weighted by molar-refractivity contribution is 5.94. The largest absolute Gasteiger partial charge is 0.372 e. The SMILES string of the molecule is CCCOCC(=O)NC(N)=O. The molecule has 0 aromatic rings. The van der Waals surface area contributed by atoms with Crippen molar-refractivity contribution in [3.05, 3.63) is 0 Å². The molecule has 0 aliphatic carbocycles. The molecule has 0 aliphatic rings. The van der Waals surface area contributed by atoms with Crippen molar-refractivity contribution < 1.29 is 14.3 Å². The fourth-order valence-corrected chi connectivity index (χ4v) is 0.483. The van der Waals surface area contributed by atoms with Crippen LogP contribution in [0.2, 0.25) is 0 Å². The smallest absolute Gasteiger partial charge is 0.318 e. The van der Waals surface area contributed by atoms with Gasteiger partial charge in [-0.05, 0) is 6.42 Å². The number of carbonyl (C=O) groups is 2. The molecule has 0 bridgehead atoms. The summed E-state index contributed by atoms with van der Waals surface area (Å²) in [5.74, 6) is -0.508. The fraction of sp³-hybridized carbons (Fsp3) is 0.667. The standard InChI is InChI=1S/C6H12N2O3/c1-2-3-11-4-5(9)8-6(7)10/h2-4H2,1H3,(H3,7,8,9,10). The number of amides is 3. The van der Waals surface area contributed by atoms with E-state index in [4.69, 9.17) is 4.74 Å². The van der Waals surface area contributed by atoms with Gasteiger partial charge < -0.3 is 10.5 Å². The summed E-state index contributed by atoms with van der Waals surface area (Å²) in [7, 11) is 0. The number of hydrogen-bond acceptors (Lipinski definition) is 3. The molecule has 3 N–H and O–H groups in total. The van der Waals surface area contributed by atoms with Crippen molar-refractivity contribution in [3.63, 3.8) is 0 Å². The molecule has 0 rings (SSSR count). The lowest BCUT2D eigenvalue weighted by Gasteiger charge is -2.00. The molecule has 0 aromatic heterocycles. The molecule has 0 aliphatic heterocycles. The Morgan fingerprint density at radius 1 is 1.55 bits per heavy atom. The summed E-state index contributed by atoms with van der Waals surface area (Å²) in [5.41, 5.74) is 4.67. The second-order valence-corrected chi connectivity index (χ2v) is 1.97. The van der Waals surface area contributed by atoms with Gasteiger partial charge in [-0.1, -0.05) is 6.92 Å². The Morgan fingerprint density at radius 3 is 2.64 bits per heavy atom. The van der Waals surface area contributed by atoms with E-state index in [0.717, 1.165) is 6.42 Å². The molecule has 0 aromatic carbocycles. The normalized spacial score (nSPS) is 9.18. The van der Waals surface area contributed by atoms with E-state index in [1.807, 2.05) is 12.2 Å². The summed E-state index contributed by atoms with van der Waals surface area (Å²) in [4.78, 5) is 20.7. The number of ether oxygens (including phenoxy) is 1. The van der Waals surface area contributed by atoms with Gasteiger partial charge in [-0.3, -0.25) is 10.1 Å². The minimum absolute atomic E-state index is 0.114. The number of carbonyl (C=O) groups excluding carboxylic acids is 2. The lowest BCUT2D eigenvalue weighted by atomic mass is 10.5. The van der Waals surface area contributed by atoms with E-state index in [-0.39, 0.29) is 6.61 Å². The van der Waals surface area contributed by atoms with Gasteiger partial charge in [-0.2, -0.15) is 0 Å². The van der Waals surface area contributed by atoms with Crippen LogP contribution in [0.4, 0.5) is 4.79 Å². The van der Waals surface area contributed by atoms with E-state index < -0.39 is 11.9 Å². The third-order valence-corrected chi connectivity index (χ3v) is 0.844. The van der Waals surface area contributed by atoms with Gasteiger partial charge >= 0.3 is 6.03 Å². The van der Waals surface area contributed by atoms with Gasteiger partial charge in [-0.25, -0.2) is 4.79 Å². The quantitative estimate of drug-likeness (QED) is 0.549. The molecule has 5 nitrogen and oxygen atoms in total. The first-order valence-electron chi connectivity index (χ1n) is 3.33. The first-order chi connectivity index (χ1) is 5.16. The van der Waals surface area contributed by atoms with Crippen molar-refractivity contribution in [1.29, 1.82) is 0 Å². The molecule has 5 heteroatoms. The molecule has 0 radical (unpaired) electrons. The van der Waals surface area contributed by atoms with Crippen LogP contribution in [-0.4, -0.2) is 25.2 Å². The summed E-state index contributed by atoms with van der Waals surface area (Å²) >= 11 is 0. The van der Waals surface area contributed by atoms with Crippen LogP contribution >= 0.6 is 0 Å². The predicted molar refractivity (Wildman–Crippen MR) is 38.8 cm³/mol. The average molecular weight is 160 g/mol. The van der Waals surface area contributed by atoms with Gasteiger partial charge in [0, 0.05) is 6.61 Å². The molecular formula is C6H12N2O3. The fourth-order valence-electron chi connectivity index (χ4n) is 0.483. The third kappa shape index (κ3) is 6.79. The Labute approximate surface area is 64.9 Å². The minimum atomic E-state index is -0.852. The van der Waals surface area contributed by atoms with Gasteiger partial charge in [0.2, 0.25) is 0 Å². The highest BCUT2D eigenvalue weighted by Crippen LogP contribution is 1.79. The highest BCUT2D eigenvalue weighted by Gasteiger charge is 2.02. The molecule has 64 valence electrons. The number of urea groups is 1. The topological polar surface area (TPSA) is 81.4 Å². The van der Waals surface area contributed by atoms with Crippen molar-refractivity contribution in [2.45, 2.75) is 13.3 Å². The number of hydrogen-bond donors (Lipinski definition) is 2. The highest BCUT2D eigenvalue weighted by atomic mass is 16.5. The van der Waals surface area contributed by atoms with Crippen LogP contribution in [-0.2, 0) is 9.53 Å². The minimum Gasteiger partial charge on any atom is -0.372 e. The van der Waals surface area contributed by atoms with Gasteiger partial charge in [0.1, 0.15) is 6.61 Å². The van der Waals surface area contributed by atoms with Gasteiger partial charge in [0.15, 0.2) is 0 Å². The average Bonchev–Trinajstić information content (AvgIpc) is 1.86. The first-order valence-corrected chi connectivity index (χ1v) is 3.33. The Kier molecular flexibility index (Phi) is 5.10. The number of primary amides is 1. The number of nitrogens with two attached hydrogens (primary N) is 1. The molecule has 0 saturated carbocycles. The zero-order valence-electron chi connectivity index (χ0n) is 6.42. The van der Waals surface area contributed by atoms with Crippen LogP contribution in [0.1, 0.15) is 13.3 Å². The van der Waals surface area contributed by atoms with E-state index in [1.54, 1.807) is 0 Å². The number of imide groups is 1. The molecule has 0 unspecified atom stereocenters. The van der Waals surface area contributed by atoms with Crippen LogP contribution in [0.5, 0.6) is 0 Å². The molecule has 11 heavy (non-hydrogen) atoms. The van der Waals surface area contributed by atoms with Crippen molar-refractivity contribution in [3.8, 4) is 0 Å². The Bertz CT molecular complexity index is 147. The molecular weight excluding hydrogens is 148 g/mol. The van der Waals surface area contributed by atoms with E-state index in [9.17, 15) is 9.59 Å². The van der Waals surface area contributed by atoms with E-state index in [1.165, 1.54) is 0 Å². The molecule has 0 heterocycles. The van der Waals surface area contributed by atoms with E-state index >= 15 is 0 Å². The van der Waals surface area contributed by atoms with Crippen LogP contribution in [0.3, 0.4) is 0 Å². The maximum absolute atomic E-state index is 10.6. The second-order valence-electron chi connectivity index (χ2n) is 1.97. The van der Waals surface area contributed by atoms with E-state index in [2.05, 4.69) is 5.73 Å². The number of rotatable bonds is 4. The molecule has 0 atom stereocenters. The van der Waals surface area contributed by atoms with Crippen molar-refractivity contribution in [2.75, 3.05) is 13.2 Å². The van der Waals surface area contributed by atoms with Crippen molar-refractivity contribution >= 4 is 11.9 Å². The zero-order chi connectivity index (χ0) is 8.69. The van der Waals surface area contributed by atoms with Crippen LogP contribution in [0.25, 0.3) is 0 Å². The third-order valence-electron chi connectivity index (χ3n) is 0.844. The van der Waals surface area contributed by atoms with Crippen LogP contribution < -0.4 is 11.1 Å². The van der Waals surface area contributed by atoms with Gasteiger partial charge in [0.25, 0.3) is 5.91 Å². The Balaban J connectivity index is 3.30. The van der Waals surface area contributed by atoms with Crippen LogP contribution in [0, 0.1) is 0 Å². The lowest BCUT2D eigenvalue weighted by molar-refractivity contribution is -0.124. The maximum atomic E-state index is 10.6. The molecule has 3 amide bonds. The summed E-state index contributed by atoms with van der Waals surface area (Å²) in [6.07, 6.45) is 0.837. The first kappa shape index (κ1) is 9.90. The van der Waals surface area contributed by atoms with Gasteiger partial charge in [-0.15, -0.1) is 0 Å². The molecule has 0 fully saturated rings. The lowest BCUT2D eigenvalue weighted by Crippen LogP contribution is -2.37. The monoisotopic (exact) mass is 160 g/mol. The summed E-state index contributed by atoms with van der Waals surface area (Å²) in [6, 6.07) is -0.852. The zero-order valence-corrected chi connectivity index (χ0v) is 6.42. The molecule has 0 spiro atoms. The maximum Gasteiger partial charge on any atom is 0.318 e.